The fourth-order valence-electron chi connectivity index (χ4n) is 0. The zero-order valence-corrected chi connectivity index (χ0v) is 16.0. The maximum Gasteiger partial charge on any atom is 0 e. The predicted octanol–water partition coefficient (Wildman–Crippen LogP) is -0.811. The largest absolute Gasteiger partial charge is 0 e. The van der Waals surface area contributed by atoms with Gasteiger partial charge in [-0.25, -0.2) is 0 Å². The summed E-state index contributed by atoms with van der Waals surface area (Å²) in [6.45, 7) is 0. The van der Waals surface area contributed by atoms with Gasteiger partial charge in [-0.15, -0.1) is 0 Å². The Morgan fingerprint density at radius 2 is 1.00 bits per heavy atom. The zero-order valence-electron chi connectivity index (χ0n) is 2.62. The summed E-state index contributed by atoms with van der Waals surface area (Å²) in [7, 11) is 0. The summed E-state index contributed by atoms with van der Waals surface area (Å²) in [5.74, 6) is 0. The Bertz CT molecular complexity index is 11.6. The molecule has 0 aromatic carbocycles. The molecule has 5 heavy (non-hydrogen) atoms. The third kappa shape index (κ3) is 19.2. The first kappa shape index (κ1) is 42.5. The fraction of sp³-hybridized carbons (Fsp3) is 0. The van der Waals surface area contributed by atoms with Crippen molar-refractivity contribution in [3.05, 3.63) is 0 Å². The number of hydrogen-bond donors (Lipinski definition) is 0. The summed E-state index contributed by atoms with van der Waals surface area (Å²) in [4.78, 5) is 0. The van der Waals surface area contributed by atoms with E-state index in [-0.39, 0.29) is 98.4 Å². The molecule has 0 nitrogen and oxygen atoms in total. The first-order valence-electron chi connectivity index (χ1n) is 0. The summed E-state index contributed by atoms with van der Waals surface area (Å²) in [6.07, 6.45) is 0. The molecule has 0 saturated carbocycles. The van der Waals surface area contributed by atoms with Crippen LogP contribution in [0.4, 0.5) is 0 Å². The van der Waals surface area contributed by atoms with E-state index in [2.05, 4.69) is 0 Å². The molecule has 0 aromatic heterocycles. The van der Waals surface area contributed by atoms with E-state index in [4.69, 9.17) is 0 Å². The molecule has 0 saturated heterocycles. The van der Waals surface area contributed by atoms with Crippen molar-refractivity contribution >= 4 is 40.8 Å². The molecule has 0 atom stereocenters. The van der Waals surface area contributed by atoms with Gasteiger partial charge in [0.25, 0.3) is 0 Å². The van der Waals surface area contributed by atoms with E-state index in [1.165, 1.54) is 0 Å². The predicted molar refractivity (Wildman–Crippen MR) is 18.9 cm³/mol. The van der Waals surface area contributed by atoms with Crippen LogP contribution >= 0.6 is 13.5 Å². The Balaban J connectivity index is 0. The minimum absolute atomic E-state index is 0. The van der Waals surface area contributed by atoms with E-state index in [1.54, 1.807) is 0 Å². The molecule has 3 radical (unpaired) electrons. The molecule has 0 aliphatic carbocycles. The molecule has 0 amide bonds. The van der Waals surface area contributed by atoms with Gasteiger partial charge in [0.05, 0.1) is 0 Å². The minimum atomic E-state index is 0. The molecule has 33 valence electrons. The van der Waals surface area contributed by atoms with E-state index in [0.717, 1.165) is 0 Å². The van der Waals surface area contributed by atoms with Crippen LogP contribution in [0.25, 0.3) is 0 Å². The van der Waals surface area contributed by atoms with Crippen LogP contribution in [-0.2, 0) is 57.6 Å². The second-order valence-corrected chi connectivity index (χ2v) is 0. The van der Waals surface area contributed by atoms with Crippen LogP contribution in [0.3, 0.4) is 0 Å². The van der Waals surface area contributed by atoms with Gasteiger partial charge < -0.3 is 0 Å². The van der Waals surface area contributed by atoms with Gasteiger partial charge in [0.15, 0.2) is 0 Å². The second-order valence-electron chi connectivity index (χ2n) is 0. The van der Waals surface area contributed by atoms with E-state index in [1.807, 2.05) is 0 Å². The maximum absolute atomic E-state index is 0. The molecular weight excluding hydrogens is 552 g/mol. The van der Waals surface area contributed by atoms with Crippen LogP contribution in [-0.4, -0.2) is 27.3 Å². The second kappa shape index (κ2) is 27.5. The van der Waals surface area contributed by atoms with Gasteiger partial charge in [-0.3, -0.25) is 0 Å². The quantitative estimate of drug-likeness (QED) is 0.343. The van der Waals surface area contributed by atoms with Crippen molar-refractivity contribution in [1.82, 2.24) is 0 Å². The van der Waals surface area contributed by atoms with E-state index >= 15 is 0 Å². The van der Waals surface area contributed by atoms with Crippen LogP contribution in [0.15, 0.2) is 0 Å². The Morgan fingerprint density at radius 1 is 1.00 bits per heavy atom. The number of rotatable bonds is 0. The summed E-state index contributed by atoms with van der Waals surface area (Å²) in [5, 5.41) is 0. The molecule has 0 aliphatic heterocycles. The Hall–Kier alpha value is 3.10. The Morgan fingerprint density at radius 3 is 1.00 bits per heavy atom. The van der Waals surface area contributed by atoms with Gasteiger partial charge in [0.2, 0.25) is 0 Å². The summed E-state index contributed by atoms with van der Waals surface area (Å²) < 4.78 is 0. The van der Waals surface area contributed by atoms with Crippen molar-refractivity contribution in [2.75, 3.05) is 0 Å². The van der Waals surface area contributed by atoms with Crippen molar-refractivity contribution in [2.24, 2.45) is 0 Å². The van der Waals surface area contributed by atoms with Gasteiger partial charge in [0, 0.05) is 57.6 Å². The molecule has 0 unspecified atom stereocenters. The van der Waals surface area contributed by atoms with Crippen molar-refractivity contribution in [1.29, 1.82) is 0 Å². The van der Waals surface area contributed by atoms with Gasteiger partial charge in [-0.1, -0.05) is 0 Å². The zero-order chi connectivity index (χ0) is 0. The number of hydrogen-bond acceptors (Lipinski definition) is 0. The molecule has 0 aliphatic rings. The van der Waals surface area contributed by atoms with Crippen molar-refractivity contribution in [3.63, 3.8) is 0 Å². The molecule has 0 bridgehead atoms. The molecule has 0 rings (SSSR count). The van der Waals surface area contributed by atoms with Crippen LogP contribution in [0.5, 0.6) is 0 Å². The molecule has 0 aromatic rings. The molecule has 0 fully saturated rings. The van der Waals surface area contributed by atoms with Crippen LogP contribution in [0, 0.1) is 0 Å². The van der Waals surface area contributed by atoms with Crippen LogP contribution < -0.4 is 0 Å². The van der Waals surface area contributed by atoms with Gasteiger partial charge in [0.1, 0.15) is 0 Å². The standard InChI is InChI=1S/Cu.Pb.H2S.W.Zn.2H/h;;1H2;;;;. The molecule has 0 heterocycles. The molecule has 0 spiro atoms. The first-order chi connectivity index (χ1) is 0. The van der Waals surface area contributed by atoms with Crippen molar-refractivity contribution in [3.8, 4) is 0 Å². The topological polar surface area (TPSA) is 0 Å². The third-order valence-electron chi connectivity index (χ3n) is 0. The van der Waals surface area contributed by atoms with E-state index < -0.39 is 0 Å². The molecule has 0 N–H and O–H groups in total. The average molecular weight is 556 g/mol. The van der Waals surface area contributed by atoms with E-state index in [0.29, 0.717) is 0 Å². The minimum Gasteiger partial charge on any atom is 0 e. The Kier molecular flexibility index (Phi) is 233. The summed E-state index contributed by atoms with van der Waals surface area (Å²) in [6, 6.07) is 0. The van der Waals surface area contributed by atoms with Gasteiger partial charge >= 0.3 is 27.3 Å². The van der Waals surface area contributed by atoms with Crippen molar-refractivity contribution < 1.29 is 57.6 Å². The van der Waals surface area contributed by atoms with Gasteiger partial charge in [-0.05, 0) is 0 Å². The summed E-state index contributed by atoms with van der Waals surface area (Å²) >= 11 is 0. The first-order valence-corrected chi connectivity index (χ1v) is 0. The van der Waals surface area contributed by atoms with E-state index in [9.17, 15) is 0 Å². The average Bonchev–Trinajstić information content (AvgIpc) is 0. The SMILES string of the molecule is S.[Cu].[PbH2].[W].[Zn]. The fourth-order valence-corrected chi connectivity index (χ4v) is 0. The van der Waals surface area contributed by atoms with Crippen LogP contribution in [0.2, 0.25) is 0 Å². The molecule has 5 heteroatoms. The van der Waals surface area contributed by atoms with Crippen molar-refractivity contribution in [2.45, 2.75) is 0 Å². The molecular formula is H4CuPbSWZn. The Labute approximate surface area is 96.7 Å². The normalized spacial score (nSPS) is 0. The summed E-state index contributed by atoms with van der Waals surface area (Å²) in [5.41, 5.74) is 0. The maximum atomic E-state index is 0. The smallest absolute Gasteiger partial charge is 0 e. The third-order valence-corrected chi connectivity index (χ3v) is 0. The van der Waals surface area contributed by atoms with Crippen LogP contribution in [0.1, 0.15) is 0 Å². The monoisotopic (exact) mass is 555 g/mol. The van der Waals surface area contributed by atoms with Gasteiger partial charge in [-0.2, -0.15) is 13.5 Å².